The fourth-order valence-electron chi connectivity index (χ4n) is 9.70. The van der Waals surface area contributed by atoms with E-state index in [9.17, 15) is 0 Å². The van der Waals surface area contributed by atoms with Gasteiger partial charge in [-0.3, -0.25) is 0 Å². The van der Waals surface area contributed by atoms with E-state index in [1.54, 1.807) is 0 Å². The Kier molecular flexibility index (Phi) is 6.91. The molecule has 8 aromatic carbocycles. The molecule has 2 aromatic heterocycles. The predicted molar refractivity (Wildman–Crippen MR) is 231 cm³/mol. The summed E-state index contributed by atoms with van der Waals surface area (Å²) in [5, 5.41) is 2.26. The van der Waals surface area contributed by atoms with Gasteiger partial charge in [-0.1, -0.05) is 176 Å². The Balaban J connectivity index is 1.03. The highest BCUT2D eigenvalue weighted by Gasteiger charge is 2.49. The fourth-order valence-corrected chi connectivity index (χ4v) is 9.70. The molecule has 1 spiro atoms. The Hall–Kier alpha value is -7.36. The van der Waals surface area contributed by atoms with Crippen molar-refractivity contribution in [1.82, 2.24) is 9.97 Å². The topological polar surface area (TPSA) is 38.9 Å². The molecule has 0 saturated carbocycles. The molecule has 0 bridgehead atoms. The van der Waals surface area contributed by atoms with E-state index in [2.05, 4.69) is 164 Å². The molecular formula is C54H34N2O. The molecule has 0 amide bonds. The van der Waals surface area contributed by atoms with Crippen LogP contribution in [0.15, 0.2) is 199 Å². The highest BCUT2D eigenvalue weighted by atomic mass is 16.3. The molecule has 3 nitrogen and oxygen atoms in total. The number of furan rings is 1. The zero-order valence-corrected chi connectivity index (χ0v) is 31.0. The number of rotatable bonds is 4. The van der Waals surface area contributed by atoms with Gasteiger partial charge in [0.2, 0.25) is 0 Å². The molecule has 12 rings (SSSR count). The smallest absolute Gasteiger partial charge is 0.160 e. The first kappa shape index (κ1) is 31.9. The maximum Gasteiger partial charge on any atom is 0.160 e. The number of aromatic nitrogens is 2. The molecule has 266 valence electrons. The summed E-state index contributed by atoms with van der Waals surface area (Å²) in [5.74, 6) is 0.702. The first-order valence-electron chi connectivity index (χ1n) is 19.6. The molecule has 57 heavy (non-hydrogen) atoms. The zero-order valence-electron chi connectivity index (χ0n) is 31.0. The van der Waals surface area contributed by atoms with Crippen molar-refractivity contribution in [2.75, 3.05) is 0 Å². The van der Waals surface area contributed by atoms with Crippen molar-refractivity contribution in [2.24, 2.45) is 0 Å². The van der Waals surface area contributed by atoms with Crippen LogP contribution in [-0.4, -0.2) is 9.97 Å². The van der Waals surface area contributed by atoms with Crippen molar-refractivity contribution in [3.8, 4) is 56.2 Å². The van der Waals surface area contributed by atoms with Gasteiger partial charge in [0, 0.05) is 33.0 Å². The third-order valence-corrected chi connectivity index (χ3v) is 12.2. The van der Waals surface area contributed by atoms with E-state index >= 15 is 0 Å². The lowest BCUT2D eigenvalue weighted by Gasteiger charge is -2.40. The van der Waals surface area contributed by atoms with Crippen LogP contribution in [0.5, 0.6) is 0 Å². The largest absolute Gasteiger partial charge is 0.455 e. The Morgan fingerprint density at radius 3 is 1.75 bits per heavy atom. The summed E-state index contributed by atoms with van der Waals surface area (Å²) in [6.45, 7) is 0. The molecule has 0 N–H and O–H groups in total. The number of hydrogen-bond acceptors (Lipinski definition) is 3. The van der Waals surface area contributed by atoms with Gasteiger partial charge in [0.15, 0.2) is 5.82 Å². The number of hydrogen-bond donors (Lipinski definition) is 0. The molecule has 10 aromatic rings. The van der Waals surface area contributed by atoms with Gasteiger partial charge in [-0.15, -0.1) is 0 Å². The number of fused-ring (bicyclic) bond motifs is 12. The third kappa shape index (κ3) is 4.73. The first-order chi connectivity index (χ1) is 28.2. The van der Waals surface area contributed by atoms with Crippen LogP contribution in [0.3, 0.4) is 0 Å². The number of nitrogens with zero attached hydrogens (tertiary/aromatic N) is 2. The van der Waals surface area contributed by atoms with Crippen LogP contribution in [0.25, 0.3) is 78.1 Å². The fraction of sp³-hybridized carbons (Fsp3) is 0.0370. The molecule has 0 saturated heterocycles. The van der Waals surface area contributed by atoms with E-state index in [0.717, 1.165) is 67.6 Å². The van der Waals surface area contributed by atoms with Gasteiger partial charge in [0.05, 0.1) is 16.8 Å². The summed E-state index contributed by atoms with van der Waals surface area (Å²) in [5.41, 5.74) is 19.1. The van der Waals surface area contributed by atoms with Crippen molar-refractivity contribution in [2.45, 2.75) is 11.8 Å². The predicted octanol–water partition coefficient (Wildman–Crippen LogP) is 13.3. The van der Waals surface area contributed by atoms with Crippen molar-refractivity contribution >= 4 is 21.9 Å². The number of benzene rings is 8. The van der Waals surface area contributed by atoms with Gasteiger partial charge in [-0.05, 0) is 74.7 Å². The number of para-hydroxylation sites is 2. The maximum absolute atomic E-state index is 6.39. The monoisotopic (exact) mass is 726 g/mol. The molecular weight excluding hydrogens is 693 g/mol. The molecule has 0 radical (unpaired) electrons. The molecule has 2 heterocycles. The van der Waals surface area contributed by atoms with Crippen molar-refractivity contribution in [3.05, 3.63) is 228 Å². The van der Waals surface area contributed by atoms with E-state index in [1.807, 2.05) is 30.3 Å². The van der Waals surface area contributed by atoms with Gasteiger partial charge >= 0.3 is 0 Å². The Morgan fingerprint density at radius 1 is 0.386 bits per heavy atom. The summed E-state index contributed by atoms with van der Waals surface area (Å²) >= 11 is 0. The molecule has 0 unspecified atom stereocenters. The van der Waals surface area contributed by atoms with E-state index in [-0.39, 0.29) is 0 Å². The second kappa shape index (κ2) is 12.3. The van der Waals surface area contributed by atoms with Gasteiger partial charge in [0.1, 0.15) is 11.2 Å². The van der Waals surface area contributed by atoms with Crippen LogP contribution in [0.1, 0.15) is 33.4 Å². The van der Waals surface area contributed by atoms with Crippen LogP contribution in [0.2, 0.25) is 0 Å². The van der Waals surface area contributed by atoms with Gasteiger partial charge in [-0.25, -0.2) is 9.97 Å². The minimum atomic E-state index is -0.440. The lowest BCUT2D eigenvalue weighted by atomic mass is 9.61. The van der Waals surface area contributed by atoms with Crippen molar-refractivity contribution in [1.29, 1.82) is 0 Å². The highest BCUT2D eigenvalue weighted by Crippen LogP contribution is 2.59. The average molecular weight is 727 g/mol. The SMILES string of the molecule is c1ccc(-c2nc(-c3ccc(-c4cccc5c4oc4ccccc45)cc3)cc(-c3ccc4c(c3)C3(c5ccccc5C4)c4ccccc4-c4ccccc43)n2)cc1. The van der Waals surface area contributed by atoms with Crippen LogP contribution < -0.4 is 0 Å². The van der Waals surface area contributed by atoms with Crippen LogP contribution in [0, 0.1) is 0 Å². The first-order valence-corrected chi connectivity index (χ1v) is 19.6. The van der Waals surface area contributed by atoms with Gasteiger partial charge in [0.25, 0.3) is 0 Å². The summed E-state index contributed by atoms with van der Waals surface area (Å²) in [6, 6.07) is 69.8. The van der Waals surface area contributed by atoms with Gasteiger partial charge < -0.3 is 4.42 Å². The van der Waals surface area contributed by atoms with E-state index < -0.39 is 5.41 Å². The molecule has 3 heteroatoms. The summed E-state index contributed by atoms with van der Waals surface area (Å²) in [7, 11) is 0. The van der Waals surface area contributed by atoms with Crippen LogP contribution >= 0.6 is 0 Å². The summed E-state index contributed by atoms with van der Waals surface area (Å²) < 4.78 is 6.39. The Labute approximate surface area is 330 Å². The molecule has 0 atom stereocenters. The third-order valence-electron chi connectivity index (χ3n) is 12.2. The van der Waals surface area contributed by atoms with Gasteiger partial charge in [-0.2, -0.15) is 0 Å². The van der Waals surface area contributed by atoms with E-state index in [1.165, 1.54) is 44.5 Å². The van der Waals surface area contributed by atoms with E-state index in [4.69, 9.17) is 14.4 Å². The second-order valence-electron chi connectivity index (χ2n) is 15.2. The minimum absolute atomic E-state index is 0.440. The summed E-state index contributed by atoms with van der Waals surface area (Å²) in [4.78, 5) is 10.5. The standard InChI is InChI=1S/C54H34N2O/c1-2-13-36(14-3-1)53-55-49(35-27-25-34(26-28-35)40-19-12-20-44-43-18-7-11-24-51(43)57-52(40)44)33-50(56-53)39-30-29-38-31-37-15-4-8-21-45(37)54(48(38)32-39)46-22-9-5-16-41(46)42-17-6-10-23-47(42)54/h1-30,32-33H,31H2. The van der Waals surface area contributed by atoms with Crippen molar-refractivity contribution < 1.29 is 4.42 Å². The van der Waals surface area contributed by atoms with Crippen LogP contribution in [-0.2, 0) is 11.8 Å². The quantitative estimate of drug-likeness (QED) is 0.181. The Bertz CT molecular complexity index is 3170. The minimum Gasteiger partial charge on any atom is -0.455 e. The molecule has 0 aliphatic heterocycles. The lowest BCUT2D eigenvalue weighted by molar-refractivity contribution is 0.670. The van der Waals surface area contributed by atoms with Crippen LogP contribution in [0.4, 0.5) is 0 Å². The zero-order chi connectivity index (χ0) is 37.5. The normalized spacial score (nSPS) is 13.3. The van der Waals surface area contributed by atoms with Crippen molar-refractivity contribution in [3.63, 3.8) is 0 Å². The molecule has 2 aliphatic rings. The highest BCUT2D eigenvalue weighted by molar-refractivity contribution is 6.09. The average Bonchev–Trinajstić information content (AvgIpc) is 3.81. The summed E-state index contributed by atoms with van der Waals surface area (Å²) in [6.07, 6.45) is 0.885. The van der Waals surface area contributed by atoms with E-state index in [0.29, 0.717) is 5.82 Å². The molecule has 2 aliphatic carbocycles. The molecule has 0 fully saturated rings. The Morgan fingerprint density at radius 2 is 0.965 bits per heavy atom. The lowest BCUT2D eigenvalue weighted by Crippen LogP contribution is -2.34. The second-order valence-corrected chi connectivity index (χ2v) is 15.2. The maximum atomic E-state index is 6.39.